The van der Waals surface area contributed by atoms with Crippen LogP contribution in [-0.4, -0.2) is 29.6 Å². The first-order valence-electron chi connectivity index (χ1n) is 5.69. The summed E-state index contributed by atoms with van der Waals surface area (Å²) in [5.74, 6) is -4.50. The average Bonchev–Trinajstić information content (AvgIpc) is 2.34. The molecule has 0 unspecified atom stereocenters. The third-order valence-electron chi connectivity index (χ3n) is 2.78. The molecule has 0 aliphatic carbocycles. The van der Waals surface area contributed by atoms with Gasteiger partial charge in [0.15, 0.2) is 17.5 Å². The Labute approximate surface area is 109 Å². The highest BCUT2D eigenvalue weighted by Crippen LogP contribution is 2.20. The molecule has 1 rings (SSSR count). The fourth-order valence-corrected chi connectivity index (χ4v) is 1.63. The van der Waals surface area contributed by atoms with E-state index in [1.54, 1.807) is 13.8 Å². The van der Waals surface area contributed by atoms with Gasteiger partial charge in [0.05, 0.1) is 12.0 Å². The summed E-state index contributed by atoms with van der Waals surface area (Å²) in [6.07, 6.45) is 0. The number of nitrogens with zero attached hydrogens (tertiary/aromatic N) is 1. The molecule has 0 spiro atoms. The maximum atomic E-state index is 13.0. The second-order valence-corrected chi connectivity index (χ2v) is 5.08. The van der Waals surface area contributed by atoms with E-state index in [0.717, 1.165) is 12.1 Å². The van der Waals surface area contributed by atoms with Crippen molar-refractivity contribution in [2.24, 2.45) is 5.41 Å². The maximum Gasteiger partial charge on any atom is 0.230 e. The van der Waals surface area contributed by atoms with Gasteiger partial charge in [0, 0.05) is 13.6 Å². The van der Waals surface area contributed by atoms with Crippen LogP contribution in [0.3, 0.4) is 0 Å². The Hall–Kier alpha value is -1.56. The molecule has 0 aromatic heterocycles. The molecule has 0 bridgehead atoms. The first-order chi connectivity index (χ1) is 8.69. The largest absolute Gasteiger partial charge is 0.395 e. The molecule has 3 nitrogen and oxygen atoms in total. The van der Waals surface area contributed by atoms with Crippen LogP contribution in [0.1, 0.15) is 19.4 Å². The first-order valence-corrected chi connectivity index (χ1v) is 5.69. The van der Waals surface area contributed by atoms with Crippen molar-refractivity contribution in [3.8, 4) is 0 Å². The number of carbonyl (C=O) groups excluding carboxylic acids is 1. The highest BCUT2D eigenvalue weighted by atomic mass is 19.2. The Morgan fingerprint density at radius 3 is 2.16 bits per heavy atom. The van der Waals surface area contributed by atoms with Gasteiger partial charge in [0.1, 0.15) is 0 Å². The summed E-state index contributed by atoms with van der Waals surface area (Å²) in [5.41, 5.74) is -0.840. The smallest absolute Gasteiger partial charge is 0.230 e. The fourth-order valence-electron chi connectivity index (χ4n) is 1.63. The molecule has 1 aromatic carbocycles. The van der Waals surface area contributed by atoms with Crippen LogP contribution >= 0.6 is 0 Å². The van der Waals surface area contributed by atoms with Crippen LogP contribution in [0.15, 0.2) is 12.1 Å². The quantitative estimate of drug-likeness (QED) is 0.855. The van der Waals surface area contributed by atoms with Gasteiger partial charge in [-0.05, 0) is 31.5 Å². The molecule has 0 aliphatic heterocycles. The molecule has 6 heteroatoms. The third-order valence-corrected chi connectivity index (χ3v) is 2.78. The van der Waals surface area contributed by atoms with E-state index in [9.17, 15) is 18.0 Å². The Kier molecular flexibility index (Phi) is 4.57. The summed E-state index contributed by atoms with van der Waals surface area (Å²) in [6, 6.07) is 1.68. The van der Waals surface area contributed by atoms with Gasteiger partial charge in [-0.1, -0.05) is 0 Å². The second kappa shape index (κ2) is 5.61. The number of aliphatic hydroxyl groups excluding tert-OH is 1. The van der Waals surface area contributed by atoms with Crippen molar-refractivity contribution in [1.29, 1.82) is 0 Å². The van der Waals surface area contributed by atoms with Crippen LogP contribution in [0.5, 0.6) is 0 Å². The van der Waals surface area contributed by atoms with Crippen LogP contribution in [0.4, 0.5) is 13.2 Å². The molecule has 0 aliphatic rings. The van der Waals surface area contributed by atoms with Crippen molar-refractivity contribution >= 4 is 5.91 Å². The zero-order valence-corrected chi connectivity index (χ0v) is 11.0. The minimum Gasteiger partial charge on any atom is -0.395 e. The van der Waals surface area contributed by atoms with Crippen molar-refractivity contribution in [3.05, 3.63) is 35.1 Å². The van der Waals surface area contributed by atoms with E-state index in [4.69, 9.17) is 5.11 Å². The van der Waals surface area contributed by atoms with Gasteiger partial charge >= 0.3 is 0 Å². The number of halogens is 3. The number of hydrogen-bond acceptors (Lipinski definition) is 2. The zero-order valence-electron chi connectivity index (χ0n) is 11.0. The van der Waals surface area contributed by atoms with E-state index in [2.05, 4.69) is 0 Å². The molecule has 0 atom stereocenters. The van der Waals surface area contributed by atoms with Crippen LogP contribution in [-0.2, 0) is 11.3 Å². The number of hydrogen-bond donors (Lipinski definition) is 1. The standard InChI is InChI=1S/C13H16F3NO2/c1-13(2,7-18)12(19)17(3)6-8-4-9(14)11(16)10(15)5-8/h4-5,18H,6-7H2,1-3H3. The molecule has 0 saturated carbocycles. The van der Waals surface area contributed by atoms with Gasteiger partial charge in [-0.2, -0.15) is 0 Å². The monoisotopic (exact) mass is 275 g/mol. The second-order valence-electron chi connectivity index (χ2n) is 5.08. The molecule has 1 amide bonds. The summed E-state index contributed by atoms with van der Waals surface area (Å²) < 4.78 is 38.9. The fraction of sp³-hybridized carbons (Fsp3) is 0.462. The van der Waals surface area contributed by atoms with Crippen molar-refractivity contribution in [1.82, 2.24) is 4.90 Å². The summed E-state index contributed by atoms with van der Waals surface area (Å²) in [5, 5.41) is 9.09. The van der Waals surface area contributed by atoms with Crippen molar-refractivity contribution in [2.75, 3.05) is 13.7 Å². The Bertz CT molecular complexity index is 466. The van der Waals surface area contributed by atoms with Gasteiger partial charge in [-0.3, -0.25) is 4.79 Å². The lowest BCUT2D eigenvalue weighted by molar-refractivity contribution is -0.141. The summed E-state index contributed by atoms with van der Waals surface area (Å²) in [6.45, 7) is 2.69. The van der Waals surface area contributed by atoms with E-state index >= 15 is 0 Å². The molecule has 0 saturated heterocycles. The van der Waals surface area contributed by atoms with Crippen molar-refractivity contribution < 1.29 is 23.1 Å². The van der Waals surface area contributed by atoms with E-state index in [-0.39, 0.29) is 24.6 Å². The number of carbonyl (C=O) groups is 1. The number of amides is 1. The molecular formula is C13H16F3NO2. The van der Waals surface area contributed by atoms with Gasteiger partial charge in [-0.25, -0.2) is 13.2 Å². The third kappa shape index (κ3) is 3.47. The summed E-state index contributed by atoms with van der Waals surface area (Å²) >= 11 is 0. The molecule has 0 heterocycles. The molecule has 1 N–H and O–H groups in total. The minimum atomic E-state index is -1.53. The number of rotatable bonds is 4. The highest BCUT2D eigenvalue weighted by molar-refractivity contribution is 5.81. The lowest BCUT2D eigenvalue weighted by Crippen LogP contribution is -2.40. The number of aliphatic hydroxyl groups is 1. The van der Waals surface area contributed by atoms with Crippen LogP contribution in [0.25, 0.3) is 0 Å². The number of benzene rings is 1. The lowest BCUT2D eigenvalue weighted by Gasteiger charge is -2.27. The van der Waals surface area contributed by atoms with Crippen LogP contribution in [0, 0.1) is 22.9 Å². The summed E-state index contributed by atoms with van der Waals surface area (Å²) in [7, 11) is 1.44. The minimum absolute atomic E-state index is 0.0730. The zero-order chi connectivity index (χ0) is 14.8. The van der Waals surface area contributed by atoms with E-state index in [0.29, 0.717) is 0 Å². The van der Waals surface area contributed by atoms with Crippen LogP contribution < -0.4 is 0 Å². The molecular weight excluding hydrogens is 259 g/mol. The Morgan fingerprint density at radius 2 is 1.74 bits per heavy atom. The maximum absolute atomic E-state index is 13.0. The SMILES string of the molecule is CN(Cc1cc(F)c(F)c(F)c1)C(=O)C(C)(C)CO. The van der Waals surface area contributed by atoms with E-state index < -0.39 is 22.9 Å². The predicted octanol–water partition coefficient (Wildman–Crippen LogP) is 2.08. The van der Waals surface area contributed by atoms with Gasteiger partial charge in [-0.15, -0.1) is 0 Å². The first kappa shape index (κ1) is 15.5. The van der Waals surface area contributed by atoms with E-state index in [1.807, 2.05) is 0 Å². The van der Waals surface area contributed by atoms with E-state index in [1.165, 1.54) is 11.9 Å². The van der Waals surface area contributed by atoms with Crippen molar-refractivity contribution in [3.63, 3.8) is 0 Å². The molecule has 0 fully saturated rings. The van der Waals surface area contributed by atoms with Crippen LogP contribution in [0.2, 0.25) is 0 Å². The Morgan fingerprint density at radius 1 is 1.26 bits per heavy atom. The predicted molar refractivity (Wildman–Crippen MR) is 63.7 cm³/mol. The normalized spacial score (nSPS) is 11.5. The highest BCUT2D eigenvalue weighted by Gasteiger charge is 2.29. The summed E-state index contributed by atoms with van der Waals surface area (Å²) in [4.78, 5) is 13.2. The molecule has 0 radical (unpaired) electrons. The molecule has 19 heavy (non-hydrogen) atoms. The Balaban J connectivity index is 2.89. The van der Waals surface area contributed by atoms with Gasteiger partial charge in [0.2, 0.25) is 5.91 Å². The van der Waals surface area contributed by atoms with Gasteiger partial charge in [0.25, 0.3) is 0 Å². The lowest BCUT2D eigenvalue weighted by atomic mass is 9.93. The molecule has 1 aromatic rings. The average molecular weight is 275 g/mol. The van der Waals surface area contributed by atoms with Crippen molar-refractivity contribution in [2.45, 2.75) is 20.4 Å². The topological polar surface area (TPSA) is 40.5 Å². The van der Waals surface area contributed by atoms with Gasteiger partial charge < -0.3 is 10.0 Å². The molecule has 106 valence electrons.